The molecule has 2 rings (SSSR count). The van der Waals surface area contributed by atoms with Gasteiger partial charge in [-0.05, 0) is 31.4 Å². The Morgan fingerprint density at radius 1 is 1.19 bits per heavy atom. The molecule has 112 valence electrons. The maximum absolute atomic E-state index is 9.12. The molecule has 0 radical (unpaired) electrons. The Morgan fingerprint density at radius 2 is 1.95 bits per heavy atom. The Morgan fingerprint density at radius 3 is 2.67 bits per heavy atom. The Bertz CT molecular complexity index is 614. The molecule has 2 aromatic rings. The number of hydrogen-bond donors (Lipinski definition) is 2. The van der Waals surface area contributed by atoms with Crippen LogP contribution in [-0.2, 0) is 12.8 Å². The average molecular weight is 287 g/mol. The normalized spacial score (nSPS) is 10.6. The van der Waals surface area contributed by atoms with E-state index in [2.05, 4.69) is 16.9 Å². The fourth-order valence-corrected chi connectivity index (χ4v) is 2.03. The van der Waals surface area contributed by atoms with Gasteiger partial charge in [-0.15, -0.1) is 0 Å². The van der Waals surface area contributed by atoms with Gasteiger partial charge in [0.25, 0.3) is 0 Å². The van der Waals surface area contributed by atoms with E-state index in [1.165, 1.54) is 0 Å². The molecule has 0 atom stereocenters. The van der Waals surface area contributed by atoms with Crippen LogP contribution < -0.4 is 10.5 Å². The van der Waals surface area contributed by atoms with Crippen molar-refractivity contribution >= 4 is 5.82 Å². The second kappa shape index (κ2) is 7.04. The minimum Gasteiger partial charge on any atom is -0.438 e. The molecule has 0 unspecified atom stereocenters. The first-order valence-electron chi connectivity index (χ1n) is 7.15. The first kappa shape index (κ1) is 15.3. The molecule has 5 nitrogen and oxygen atoms in total. The predicted octanol–water partition coefficient (Wildman–Crippen LogP) is 2.65. The topological polar surface area (TPSA) is 81.3 Å². The highest BCUT2D eigenvalue weighted by Gasteiger charge is 2.12. The molecule has 3 N–H and O–H groups in total. The van der Waals surface area contributed by atoms with Crippen LogP contribution in [-0.4, -0.2) is 21.7 Å². The number of aryl methyl sites for hydroxylation is 1. The number of rotatable bonds is 6. The maximum atomic E-state index is 9.12. The van der Waals surface area contributed by atoms with Crippen molar-refractivity contribution in [2.24, 2.45) is 0 Å². The summed E-state index contributed by atoms with van der Waals surface area (Å²) < 4.78 is 5.92. The lowest BCUT2D eigenvalue weighted by Gasteiger charge is -2.13. The van der Waals surface area contributed by atoms with E-state index in [-0.39, 0.29) is 6.61 Å². The highest BCUT2D eigenvalue weighted by Crippen LogP contribution is 2.28. The number of para-hydroxylation sites is 1. The van der Waals surface area contributed by atoms with Crippen molar-refractivity contribution in [1.29, 1.82) is 0 Å². The summed E-state index contributed by atoms with van der Waals surface area (Å²) in [4.78, 5) is 8.71. The van der Waals surface area contributed by atoms with Crippen molar-refractivity contribution in [2.75, 3.05) is 12.3 Å². The fraction of sp³-hybridized carbons (Fsp3) is 0.375. The summed E-state index contributed by atoms with van der Waals surface area (Å²) >= 11 is 0. The zero-order valence-electron chi connectivity index (χ0n) is 12.5. The zero-order chi connectivity index (χ0) is 15.2. The number of nitrogen functional groups attached to an aromatic ring is 1. The monoisotopic (exact) mass is 287 g/mol. The van der Waals surface area contributed by atoms with Gasteiger partial charge in [-0.2, -0.15) is 4.98 Å². The Balaban J connectivity index is 2.34. The standard InChI is InChI=1S/C16H21N3O2/c1-3-6-14-18-15(17)11(2)16(19-14)21-13-8-5-4-7-12(13)9-10-20/h4-5,7-8,20H,3,6,9-10H2,1-2H3,(H2,17,18,19). The van der Waals surface area contributed by atoms with E-state index in [1.54, 1.807) is 0 Å². The number of nitrogens with two attached hydrogens (primary N) is 1. The molecule has 1 heterocycles. The van der Waals surface area contributed by atoms with Crippen LogP contribution in [0.1, 0.15) is 30.3 Å². The van der Waals surface area contributed by atoms with E-state index in [0.29, 0.717) is 29.7 Å². The van der Waals surface area contributed by atoms with Crippen molar-refractivity contribution < 1.29 is 9.84 Å². The molecule has 0 bridgehead atoms. The summed E-state index contributed by atoms with van der Waals surface area (Å²) in [7, 11) is 0. The van der Waals surface area contributed by atoms with Gasteiger partial charge in [-0.1, -0.05) is 25.1 Å². The minimum atomic E-state index is 0.0757. The highest BCUT2D eigenvalue weighted by atomic mass is 16.5. The van der Waals surface area contributed by atoms with Crippen LogP contribution in [0.5, 0.6) is 11.6 Å². The van der Waals surface area contributed by atoms with Gasteiger partial charge >= 0.3 is 0 Å². The van der Waals surface area contributed by atoms with Crippen LogP contribution in [0.15, 0.2) is 24.3 Å². The molecule has 0 aliphatic heterocycles. The van der Waals surface area contributed by atoms with Gasteiger partial charge in [0, 0.05) is 13.0 Å². The lowest BCUT2D eigenvalue weighted by molar-refractivity contribution is 0.297. The average Bonchev–Trinajstić information content (AvgIpc) is 2.47. The molecule has 5 heteroatoms. The first-order chi connectivity index (χ1) is 10.2. The third-order valence-electron chi connectivity index (χ3n) is 3.22. The molecule has 0 spiro atoms. The summed E-state index contributed by atoms with van der Waals surface area (Å²) in [5.74, 6) is 2.31. The number of anilines is 1. The van der Waals surface area contributed by atoms with Gasteiger partial charge in [0.05, 0.1) is 5.56 Å². The number of hydrogen-bond acceptors (Lipinski definition) is 5. The van der Waals surface area contributed by atoms with Crippen LogP contribution in [0.3, 0.4) is 0 Å². The Hall–Kier alpha value is -2.14. The molecule has 1 aromatic heterocycles. The molecule has 0 amide bonds. The predicted molar refractivity (Wildman–Crippen MR) is 82.5 cm³/mol. The summed E-state index contributed by atoms with van der Waals surface area (Å²) in [6.45, 7) is 3.98. The molecular weight excluding hydrogens is 266 g/mol. The molecule has 21 heavy (non-hydrogen) atoms. The van der Waals surface area contributed by atoms with E-state index in [1.807, 2.05) is 31.2 Å². The molecule has 0 aliphatic rings. The van der Waals surface area contributed by atoms with E-state index < -0.39 is 0 Å². The van der Waals surface area contributed by atoms with Crippen molar-refractivity contribution in [2.45, 2.75) is 33.1 Å². The molecular formula is C16H21N3O2. The second-order valence-electron chi connectivity index (χ2n) is 4.89. The van der Waals surface area contributed by atoms with Gasteiger partial charge in [0.15, 0.2) is 0 Å². The third kappa shape index (κ3) is 3.70. The number of nitrogens with zero attached hydrogens (tertiary/aromatic N) is 2. The summed E-state index contributed by atoms with van der Waals surface area (Å²) in [5, 5.41) is 9.12. The van der Waals surface area contributed by atoms with Crippen LogP contribution >= 0.6 is 0 Å². The van der Waals surface area contributed by atoms with Crippen molar-refractivity contribution in [1.82, 2.24) is 9.97 Å². The fourth-order valence-electron chi connectivity index (χ4n) is 2.03. The molecule has 0 saturated heterocycles. The van der Waals surface area contributed by atoms with Crippen molar-refractivity contribution in [3.05, 3.63) is 41.2 Å². The summed E-state index contributed by atoms with van der Waals surface area (Å²) in [6, 6.07) is 7.60. The quantitative estimate of drug-likeness (QED) is 0.853. The second-order valence-corrected chi connectivity index (χ2v) is 4.89. The van der Waals surface area contributed by atoms with E-state index >= 15 is 0 Å². The van der Waals surface area contributed by atoms with E-state index in [4.69, 9.17) is 15.6 Å². The first-order valence-corrected chi connectivity index (χ1v) is 7.15. The largest absolute Gasteiger partial charge is 0.438 e. The number of aromatic nitrogens is 2. The lowest BCUT2D eigenvalue weighted by Crippen LogP contribution is -2.05. The lowest BCUT2D eigenvalue weighted by atomic mass is 10.1. The minimum absolute atomic E-state index is 0.0757. The van der Waals surface area contributed by atoms with Gasteiger partial charge in [0.1, 0.15) is 17.4 Å². The van der Waals surface area contributed by atoms with Gasteiger partial charge in [-0.3, -0.25) is 0 Å². The Kier molecular flexibility index (Phi) is 5.11. The highest BCUT2D eigenvalue weighted by molar-refractivity contribution is 5.47. The molecule has 0 fully saturated rings. The molecule has 0 saturated carbocycles. The smallest absolute Gasteiger partial charge is 0.227 e. The van der Waals surface area contributed by atoms with Crippen LogP contribution in [0.25, 0.3) is 0 Å². The van der Waals surface area contributed by atoms with Crippen LogP contribution in [0.4, 0.5) is 5.82 Å². The number of aliphatic hydroxyl groups is 1. The summed E-state index contributed by atoms with van der Waals surface area (Å²) in [6.07, 6.45) is 2.25. The number of ether oxygens (including phenoxy) is 1. The van der Waals surface area contributed by atoms with Crippen LogP contribution in [0, 0.1) is 6.92 Å². The van der Waals surface area contributed by atoms with Gasteiger partial charge in [-0.25, -0.2) is 4.98 Å². The zero-order valence-corrected chi connectivity index (χ0v) is 12.5. The molecule has 1 aromatic carbocycles. The number of aliphatic hydroxyl groups excluding tert-OH is 1. The molecule has 0 aliphatic carbocycles. The maximum Gasteiger partial charge on any atom is 0.227 e. The van der Waals surface area contributed by atoms with E-state index in [9.17, 15) is 0 Å². The van der Waals surface area contributed by atoms with Gasteiger partial charge in [0.2, 0.25) is 5.88 Å². The number of benzene rings is 1. The van der Waals surface area contributed by atoms with Crippen molar-refractivity contribution in [3.63, 3.8) is 0 Å². The SMILES string of the molecule is CCCc1nc(N)c(C)c(Oc2ccccc2CCO)n1. The van der Waals surface area contributed by atoms with Crippen molar-refractivity contribution in [3.8, 4) is 11.6 Å². The van der Waals surface area contributed by atoms with E-state index in [0.717, 1.165) is 24.0 Å². The third-order valence-corrected chi connectivity index (χ3v) is 3.22. The van der Waals surface area contributed by atoms with Crippen LogP contribution in [0.2, 0.25) is 0 Å². The summed E-state index contributed by atoms with van der Waals surface area (Å²) in [5.41, 5.74) is 7.60. The van der Waals surface area contributed by atoms with Gasteiger partial charge < -0.3 is 15.6 Å². The Labute approximate surface area is 124 Å².